The predicted octanol–water partition coefficient (Wildman–Crippen LogP) is 9.15. The number of ether oxygens (including phenoxy) is 3. The van der Waals surface area contributed by atoms with Crippen molar-refractivity contribution in [2.75, 3.05) is 0 Å². The van der Waals surface area contributed by atoms with Gasteiger partial charge in [0, 0.05) is 0 Å². The molecule has 0 radical (unpaired) electrons. The molecule has 4 aromatic rings. The van der Waals surface area contributed by atoms with Crippen molar-refractivity contribution in [3.63, 3.8) is 0 Å². The Bertz CT molecular complexity index is 1840. The minimum absolute atomic E-state index is 0.259. The van der Waals surface area contributed by atoms with Crippen LogP contribution in [0.5, 0.6) is 23.0 Å². The van der Waals surface area contributed by atoms with Crippen molar-refractivity contribution in [1.82, 2.24) is 0 Å². The number of rotatable bonds is 12. The molecule has 224 valence electrons. The van der Waals surface area contributed by atoms with E-state index in [1.54, 1.807) is 36.4 Å². The molecule has 0 atom stereocenters. The Kier molecular flexibility index (Phi) is 10.1. The highest BCUT2D eigenvalue weighted by atomic mass is 16.5. The highest BCUT2D eigenvalue weighted by Crippen LogP contribution is 2.40. The first kappa shape index (κ1) is 32.2. The Morgan fingerprint density at radius 2 is 0.844 bits per heavy atom. The molecule has 7 heteroatoms. The van der Waals surface area contributed by atoms with Crippen LogP contribution < -0.4 is 14.2 Å². The van der Waals surface area contributed by atoms with E-state index in [0.717, 1.165) is 11.1 Å². The third-order valence-corrected chi connectivity index (χ3v) is 8.33. The van der Waals surface area contributed by atoms with Crippen LogP contribution in [-0.4, -0.2) is 0 Å². The molecule has 4 rings (SSSR count). The quantitative estimate of drug-likeness (QED) is 0.160. The first-order valence-corrected chi connectivity index (χ1v) is 15.0. The second-order valence-corrected chi connectivity index (χ2v) is 10.6. The fraction of sp³-hybridized carbons (Fsp3) is 0.263. The van der Waals surface area contributed by atoms with Gasteiger partial charge in [0.25, 0.3) is 0 Å². The largest absolute Gasteiger partial charge is 0.483 e. The van der Waals surface area contributed by atoms with Crippen LogP contribution in [0.2, 0.25) is 0 Å². The normalized spacial score (nSPS) is 10.9. The van der Waals surface area contributed by atoms with Crippen LogP contribution in [0.3, 0.4) is 0 Å². The molecule has 4 aromatic carbocycles. The fourth-order valence-corrected chi connectivity index (χ4v) is 5.55. The smallest absolute Gasteiger partial charge is 0.134 e. The van der Waals surface area contributed by atoms with Crippen LogP contribution in [0.25, 0.3) is 0 Å². The molecule has 0 saturated carbocycles. The minimum atomic E-state index is -0.682. The van der Waals surface area contributed by atoms with E-state index in [1.165, 1.54) is 0 Å². The van der Waals surface area contributed by atoms with Crippen LogP contribution in [0, 0.1) is 45.3 Å². The molecule has 0 saturated heterocycles. The summed E-state index contributed by atoms with van der Waals surface area (Å²) >= 11 is 0. The van der Waals surface area contributed by atoms with Crippen LogP contribution >= 0.6 is 0 Å². The second kappa shape index (κ2) is 14.1. The van der Waals surface area contributed by atoms with Crippen LogP contribution in [0.1, 0.15) is 86.8 Å². The van der Waals surface area contributed by atoms with Gasteiger partial charge in [-0.15, -0.1) is 0 Å². The summed E-state index contributed by atoms with van der Waals surface area (Å²) in [6.07, 6.45) is 2.73. The highest BCUT2D eigenvalue weighted by Gasteiger charge is 2.34. The van der Waals surface area contributed by atoms with Crippen molar-refractivity contribution in [2.45, 2.75) is 64.6 Å². The summed E-state index contributed by atoms with van der Waals surface area (Å²) < 4.78 is 19.5. The first-order chi connectivity index (χ1) is 21.8. The van der Waals surface area contributed by atoms with Gasteiger partial charge >= 0.3 is 0 Å². The third kappa shape index (κ3) is 6.75. The third-order valence-electron chi connectivity index (χ3n) is 8.33. The standard InChI is InChI=1S/C38H34N4O3/c1-5-37(6-2,31-11-9-13-33(21-31)43-34-17-15-27(23-39)29(19-34)25-41)44-35-14-10-12-32(22-35)38(7-3,8-4)45-36-18-16-28(24-40)30(20-36)26-42/h9-22H,5-8H2,1-4H3. The SMILES string of the molecule is CCC(CC)(Oc1cccc(C(CC)(CC)Oc2ccc(C#N)c(C#N)c2)c1)c1cccc(Oc2ccc(C#N)c(C#N)c2)c1. The van der Waals surface area contributed by atoms with Crippen molar-refractivity contribution in [3.8, 4) is 47.3 Å². The zero-order valence-corrected chi connectivity index (χ0v) is 25.9. The number of benzene rings is 4. The molecule has 0 N–H and O–H groups in total. The van der Waals surface area contributed by atoms with Crippen molar-refractivity contribution >= 4 is 0 Å². The van der Waals surface area contributed by atoms with E-state index < -0.39 is 11.2 Å². The van der Waals surface area contributed by atoms with E-state index in [1.807, 2.05) is 66.7 Å². The van der Waals surface area contributed by atoms with Crippen LogP contribution in [-0.2, 0) is 11.2 Å². The zero-order chi connectivity index (χ0) is 32.5. The molecule has 0 fully saturated rings. The highest BCUT2D eigenvalue weighted by molar-refractivity contribution is 5.51. The van der Waals surface area contributed by atoms with Crippen LogP contribution in [0.15, 0.2) is 84.9 Å². The molecule has 0 aromatic heterocycles. The summed E-state index contributed by atoms with van der Waals surface area (Å²) in [5.41, 5.74) is 1.70. The van der Waals surface area contributed by atoms with E-state index >= 15 is 0 Å². The number of nitriles is 4. The van der Waals surface area contributed by atoms with Gasteiger partial charge < -0.3 is 14.2 Å². The van der Waals surface area contributed by atoms with Gasteiger partial charge in [-0.1, -0.05) is 52.0 Å². The number of nitrogens with zero attached hydrogens (tertiary/aromatic N) is 4. The predicted molar refractivity (Wildman–Crippen MR) is 170 cm³/mol. The van der Waals surface area contributed by atoms with E-state index in [0.29, 0.717) is 59.8 Å². The lowest BCUT2D eigenvalue weighted by Crippen LogP contribution is -2.33. The lowest BCUT2D eigenvalue weighted by atomic mass is 9.86. The van der Waals surface area contributed by atoms with Gasteiger partial charge in [-0.2, -0.15) is 21.0 Å². The summed E-state index contributed by atoms with van der Waals surface area (Å²) in [5, 5.41) is 37.5. The zero-order valence-electron chi connectivity index (χ0n) is 25.9. The van der Waals surface area contributed by atoms with Crippen LogP contribution in [0.4, 0.5) is 0 Å². The monoisotopic (exact) mass is 594 g/mol. The molecular weight excluding hydrogens is 560 g/mol. The Balaban J connectivity index is 1.65. The Morgan fingerprint density at radius 3 is 1.31 bits per heavy atom. The first-order valence-electron chi connectivity index (χ1n) is 15.0. The Labute approximate surface area is 265 Å². The number of hydrogen-bond donors (Lipinski definition) is 0. The van der Waals surface area contributed by atoms with Gasteiger partial charge in [-0.25, -0.2) is 0 Å². The van der Waals surface area contributed by atoms with Crippen molar-refractivity contribution in [2.24, 2.45) is 0 Å². The van der Waals surface area contributed by atoms with E-state index in [-0.39, 0.29) is 11.1 Å². The Morgan fingerprint density at radius 1 is 0.467 bits per heavy atom. The van der Waals surface area contributed by atoms with E-state index in [9.17, 15) is 21.0 Å². The molecule has 0 spiro atoms. The maximum absolute atomic E-state index is 9.52. The molecule has 0 aliphatic carbocycles. The maximum atomic E-state index is 9.52. The molecular formula is C38H34N4O3. The summed E-state index contributed by atoms with van der Waals surface area (Å²) in [6.45, 7) is 8.30. The van der Waals surface area contributed by atoms with Crippen molar-refractivity contribution < 1.29 is 14.2 Å². The molecule has 45 heavy (non-hydrogen) atoms. The molecule has 0 aliphatic heterocycles. The molecule has 0 unspecified atom stereocenters. The lowest BCUT2D eigenvalue weighted by Gasteiger charge is -2.36. The maximum Gasteiger partial charge on any atom is 0.134 e. The minimum Gasteiger partial charge on any atom is -0.483 e. The van der Waals surface area contributed by atoms with Gasteiger partial charge in [-0.05, 0) is 97.5 Å². The van der Waals surface area contributed by atoms with Gasteiger partial charge in [0.15, 0.2) is 0 Å². The van der Waals surface area contributed by atoms with E-state index in [2.05, 4.69) is 33.8 Å². The summed E-state index contributed by atoms with van der Waals surface area (Å²) in [7, 11) is 0. The summed E-state index contributed by atoms with van der Waals surface area (Å²) in [5.74, 6) is 2.28. The average Bonchev–Trinajstić information content (AvgIpc) is 3.09. The topological polar surface area (TPSA) is 123 Å². The molecule has 0 amide bonds. The van der Waals surface area contributed by atoms with Crippen molar-refractivity contribution in [1.29, 1.82) is 21.0 Å². The number of hydrogen-bond acceptors (Lipinski definition) is 7. The lowest BCUT2D eigenvalue weighted by molar-refractivity contribution is 0.0494. The van der Waals surface area contributed by atoms with E-state index in [4.69, 9.17) is 14.2 Å². The van der Waals surface area contributed by atoms with Gasteiger partial charge in [0.05, 0.1) is 22.3 Å². The summed E-state index contributed by atoms with van der Waals surface area (Å²) in [6, 6.07) is 33.6. The Hall–Kier alpha value is -5.76. The summed E-state index contributed by atoms with van der Waals surface area (Å²) in [4.78, 5) is 0. The molecule has 7 nitrogen and oxygen atoms in total. The van der Waals surface area contributed by atoms with Gasteiger partial charge in [0.1, 0.15) is 58.5 Å². The average molecular weight is 595 g/mol. The van der Waals surface area contributed by atoms with Gasteiger partial charge in [-0.3, -0.25) is 0 Å². The molecule has 0 heterocycles. The second-order valence-electron chi connectivity index (χ2n) is 10.6. The molecule has 0 aliphatic rings. The van der Waals surface area contributed by atoms with Gasteiger partial charge in [0.2, 0.25) is 0 Å². The molecule has 0 bridgehead atoms. The van der Waals surface area contributed by atoms with Crippen molar-refractivity contribution in [3.05, 3.63) is 118 Å². The fourth-order valence-electron chi connectivity index (χ4n) is 5.55.